The molecule has 0 radical (unpaired) electrons. The quantitative estimate of drug-likeness (QED) is 0.493. The number of nitrogens with zero attached hydrogens (tertiary/aromatic N) is 4. The molecule has 0 aliphatic carbocycles. The van der Waals surface area contributed by atoms with Crippen molar-refractivity contribution < 1.29 is 40.6 Å². The topological polar surface area (TPSA) is 113 Å². The number of alkyl halides is 6. The first-order valence-electron chi connectivity index (χ1n) is 13.1. The minimum atomic E-state index is -4.89. The van der Waals surface area contributed by atoms with Crippen molar-refractivity contribution in [2.45, 2.75) is 69.2 Å². The van der Waals surface area contributed by atoms with Gasteiger partial charge in [0.1, 0.15) is 18.3 Å². The van der Waals surface area contributed by atoms with Gasteiger partial charge in [-0.3, -0.25) is 9.59 Å². The fourth-order valence-electron chi connectivity index (χ4n) is 5.59. The van der Waals surface area contributed by atoms with Crippen LogP contribution >= 0.6 is 0 Å². The Hall–Kier alpha value is -3.56. The highest BCUT2D eigenvalue weighted by atomic mass is 19.4. The van der Waals surface area contributed by atoms with Crippen LogP contribution in [-0.4, -0.2) is 76.5 Å². The van der Waals surface area contributed by atoms with E-state index in [4.69, 9.17) is 9.47 Å². The van der Waals surface area contributed by atoms with E-state index in [9.17, 15) is 35.9 Å². The van der Waals surface area contributed by atoms with E-state index in [1.807, 2.05) is 4.90 Å². The number of hydrogen-bond acceptors (Lipinski definition) is 8. The summed E-state index contributed by atoms with van der Waals surface area (Å²) in [5.41, 5.74) is -4.13. The summed E-state index contributed by atoms with van der Waals surface area (Å²) in [6.07, 6.45) is -6.30. The van der Waals surface area contributed by atoms with Crippen molar-refractivity contribution in [3.05, 3.63) is 39.9 Å². The smallest absolute Gasteiger partial charge is 0.423 e. The number of fused-ring (bicyclic) bond motifs is 3. The third-order valence-corrected chi connectivity index (χ3v) is 7.51. The highest BCUT2D eigenvalue weighted by Crippen LogP contribution is 2.40. The first-order chi connectivity index (χ1) is 19.3. The predicted octanol–water partition coefficient (Wildman–Crippen LogP) is 3.44. The maximum absolute atomic E-state index is 13.3. The van der Waals surface area contributed by atoms with Crippen molar-refractivity contribution >= 4 is 17.4 Å². The second-order valence-electron chi connectivity index (χ2n) is 10.4. The summed E-state index contributed by atoms with van der Waals surface area (Å²) in [4.78, 5) is 32.7. The highest BCUT2D eigenvalue weighted by Gasteiger charge is 2.42. The SMILES string of the molecule is C[C@@H](COC1CCCN(C2CCN3c4ncc(C(F)(F)F)cc4OC[C@H]3C2)C1=O)Nc1cn[nH]c(=O)c1C(F)(F)F. The minimum Gasteiger partial charge on any atom is -0.488 e. The summed E-state index contributed by atoms with van der Waals surface area (Å²) in [7, 11) is 0. The molecule has 5 heterocycles. The number of amides is 1. The molecule has 1 amide bonds. The number of ether oxygens (including phenoxy) is 2. The van der Waals surface area contributed by atoms with Gasteiger partial charge in [0.15, 0.2) is 11.6 Å². The van der Waals surface area contributed by atoms with Gasteiger partial charge in [0, 0.05) is 31.4 Å². The van der Waals surface area contributed by atoms with Crippen molar-refractivity contribution in [3.8, 4) is 5.75 Å². The largest absolute Gasteiger partial charge is 0.488 e. The third kappa shape index (κ3) is 6.06. The van der Waals surface area contributed by atoms with Crippen LogP contribution in [0.25, 0.3) is 0 Å². The molecule has 2 fully saturated rings. The zero-order valence-corrected chi connectivity index (χ0v) is 21.9. The van der Waals surface area contributed by atoms with E-state index < -0.39 is 46.9 Å². The monoisotopic (exact) mass is 590 g/mol. The van der Waals surface area contributed by atoms with Crippen molar-refractivity contribution in [2.24, 2.45) is 0 Å². The van der Waals surface area contributed by atoms with Crippen LogP contribution in [0, 0.1) is 0 Å². The van der Waals surface area contributed by atoms with Gasteiger partial charge < -0.3 is 24.6 Å². The number of aromatic amines is 1. The summed E-state index contributed by atoms with van der Waals surface area (Å²) in [5.74, 6) is 0.212. The lowest BCUT2D eigenvalue weighted by Gasteiger charge is -2.47. The Bertz CT molecular complexity index is 1330. The van der Waals surface area contributed by atoms with E-state index in [1.165, 1.54) is 0 Å². The lowest BCUT2D eigenvalue weighted by atomic mass is 9.92. The molecule has 0 spiro atoms. The lowest BCUT2D eigenvalue weighted by molar-refractivity contribution is -0.151. The molecule has 224 valence electrons. The Morgan fingerprint density at radius 1 is 1.10 bits per heavy atom. The van der Waals surface area contributed by atoms with E-state index in [1.54, 1.807) is 16.9 Å². The molecule has 2 aromatic rings. The molecular formula is C25H28F6N6O4. The van der Waals surface area contributed by atoms with Gasteiger partial charge in [-0.15, -0.1) is 0 Å². The number of hydrogen-bond donors (Lipinski definition) is 2. The van der Waals surface area contributed by atoms with Crippen LogP contribution in [-0.2, 0) is 21.9 Å². The van der Waals surface area contributed by atoms with Gasteiger partial charge in [0.25, 0.3) is 11.5 Å². The van der Waals surface area contributed by atoms with Gasteiger partial charge >= 0.3 is 12.4 Å². The molecule has 0 bridgehead atoms. The van der Waals surface area contributed by atoms with E-state index in [-0.39, 0.29) is 37.0 Å². The average molecular weight is 591 g/mol. The van der Waals surface area contributed by atoms with Gasteiger partial charge in [-0.2, -0.15) is 31.4 Å². The maximum atomic E-state index is 13.3. The Morgan fingerprint density at radius 3 is 2.61 bits per heavy atom. The Balaban J connectivity index is 1.18. The predicted molar refractivity (Wildman–Crippen MR) is 133 cm³/mol. The fourth-order valence-corrected chi connectivity index (χ4v) is 5.59. The van der Waals surface area contributed by atoms with Crippen LogP contribution < -0.4 is 20.5 Å². The molecule has 2 saturated heterocycles. The standard InChI is InChI=1S/C25H28F6N6O4/c1-13(34-17-10-33-35-22(38)20(17)25(29,30)31)11-40-18-3-2-5-37(23(18)39)15-4-6-36-16(8-15)12-41-19-7-14(24(26,27)28)9-32-21(19)36/h7,9-10,13,15-16,18H,2-6,8,11-12H2,1H3,(H2,34,35,38)/t13-,15?,16+,18?/m0/s1. The van der Waals surface area contributed by atoms with Crippen LogP contribution in [0.4, 0.5) is 37.8 Å². The van der Waals surface area contributed by atoms with Crippen LogP contribution in [0.15, 0.2) is 23.3 Å². The number of halogens is 6. The van der Waals surface area contributed by atoms with Crippen molar-refractivity contribution in [3.63, 3.8) is 0 Å². The van der Waals surface area contributed by atoms with E-state index in [2.05, 4.69) is 15.4 Å². The van der Waals surface area contributed by atoms with Gasteiger partial charge in [-0.1, -0.05) is 0 Å². The molecule has 2 unspecified atom stereocenters. The van der Waals surface area contributed by atoms with Gasteiger partial charge in [0.05, 0.1) is 30.1 Å². The average Bonchev–Trinajstić information content (AvgIpc) is 2.90. The molecule has 16 heteroatoms. The third-order valence-electron chi connectivity index (χ3n) is 7.51. The number of anilines is 2. The molecule has 0 aromatic carbocycles. The molecule has 2 N–H and O–H groups in total. The van der Waals surface area contributed by atoms with Gasteiger partial charge in [-0.05, 0) is 38.7 Å². The highest BCUT2D eigenvalue weighted by molar-refractivity contribution is 5.82. The van der Waals surface area contributed by atoms with Gasteiger partial charge in [0.2, 0.25) is 0 Å². The van der Waals surface area contributed by atoms with Crippen LogP contribution in [0.2, 0.25) is 0 Å². The number of aromatic nitrogens is 3. The number of H-pyrrole nitrogens is 1. The summed E-state index contributed by atoms with van der Waals surface area (Å²) < 4.78 is 90.6. The first kappa shape index (κ1) is 29.0. The zero-order chi connectivity index (χ0) is 29.5. The van der Waals surface area contributed by atoms with E-state index in [0.29, 0.717) is 44.6 Å². The van der Waals surface area contributed by atoms with Crippen LogP contribution in [0.1, 0.15) is 43.7 Å². The second kappa shape index (κ2) is 11.0. The molecular weight excluding hydrogens is 562 g/mol. The first-order valence-corrected chi connectivity index (χ1v) is 13.1. The molecule has 0 saturated carbocycles. The summed E-state index contributed by atoms with van der Waals surface area (Å²) in [6.45, 7) is 2.63. The summed E-state index contributed by atoms with van der Waals surface area (Å²) in [6, 6.07) is -0.0284. The lowest BCUT2D eigenvalue weighted by Crippen LogP contribution is -2.58. The number of likely N-dealkylation sites (tertiary alicyclic amines) is 1. The molecule has 41 heavy (non-hydrogen) atoms. The molecule has 4 atom stereocenters. The van der Waals surface area contributed by atoms with E-state index >= 15 is 0 Å². The number of carbonyl (C=O) groups is 1. The summed E-state index contributed by atoms with van der Waals surface area (Å²) in [5, 5.41) is 7.80. The number of nitrogens with one attached hydrogen (secondary N) is 2. The number of piperidine rings is 2. The Labute approximate surface area is 230 Å². The van der Waals surface area contributed by atoms with Crippen molar-refractivity contribution in [1.29, 1.82) is 0 Å². The number of pyridine rings is 1. The molecule has 3 aliphatic rings. The molecule has 10 nitrogen and oxygen atoms in total. The molecule has 5 rings (SSSR count). The fraction of sp³-hybridized carbons (Fsp3) is 0.600. The number of carbonyl (C=O) groups excluding carboxylic acids is 1. The van der Waals surface area contributed by atoms with Crippen molar-refractivity contribution in [2.75, 3.05) is 36.5 Å². The summed E-state index contributed by atoms with van der Waals surface area (Å²) >= 11 is 0. The van der Waals surface area contributed by atoms with Crippen LogP contribution in [0.3, 0.4) is 0 Å². The number of rotatable bonds is 6. The van der Waals surface area contributed by atoms with E-state index in [0.717, 1.165) is 18.5 Å². The zero-order valence-electron chi connectivity index (χ0n) is 21.9. The molecule has 2 aromatic heterocycles. The Morgan fingerprint density at radius 2 is 1.88 bits per heavy atom. The second-order valence-corrected chi connectivity index (χ2v) is 10.4. The van der Waals surface area contributed by atoms with Crippen LogP contribution in [0.5, 0.6) is 5.75 Å². The maximum Gasteiger partial charge on any atom is 0.423 e. The Kier molecular flexibility index (Phi) is 7.78. The van der Waals surface area contributed by atoms with Gasteiger partial charge in [-0.25, -0.2) is 10.1 Å². The van der Waals surface area contributed by atoms with Crippen molar-refractivity contribution in [1.82, 2.24) is 20.1 Å². The normalized spacial score (nSPS) is 23.9. The molecule has 3 aliphatic heterocycles. The minimum absolute atomic E-state index is 0.0815.